The third-order valence-corrected chi connectivity index (χ3v) is 6.88. The van der Waals surface area contributed by atoms with E-state index in [1.807, 2.05) is 24.3 Å². The van der Waals surface area contributed by atoms with Crippen LogP contribution in [0.15, 0.2) is 35.5 Å². The lowest BCUT2D eigenvalue weighted by atomic mass is 10.0. The van der Waals surface area contributed by atoms with Crippen LogP contribution < -0.4 is 38.9 Å². The Hall–Kier alpha value is -4.70. The number of nitrogens with two attached hydrogens (primary N) is 4. The van der Waals surface area contributed by atoms with E-state index in [4.69, 9.17) is 28.0 Å². The van der Waals surface area contributed by atoms with Crippen molar-refractivity contribution in [3.63, 3.8) is 0 Å². The standard InChI is InChI=1S/C28H43N9O7/c29-12-4-3-8-21(27(43)44)36-25(41)20(9-5-13-33-28(31)32)35-26(42)22(37-24(40)18(30)10-11-23(38)39)14-16-15-34-19-7-2-1-6-17(16)19/h1-2,6-7,15,18,20-22,34H,3-5,8-14,29-30H2,(H,35,42)(H,36,41)(H,37,40)(H,38,39)(H,43,44)(H4,31,32,33). The second-order valence-electron chi connectivity index (χ2n) is 10.4. The molecule has 0 spiro atoms. The Morgan fingerprint density at radius 2 is 1.48 bits per heavy atom. The van der Waals surface area contributed by atoms with E-state index < -0.39 is 53.8 Å². The van der Waals surface area contributed by atoms with Crippen molar-refractivity contribution < 1.29 is 34.2 Å². The highest BCUT2D eigenvalue weighted by Crippen LogP contribution is 2.19. The van der Waals surface area contributed by atoms with Crippen molar-refractivity contribution in [3.8, 4) is 0 Å². The van der Waals surface area contributed by atoms with Gasteiger partial charge in [-0.2, -0.15) is 0 Å². The minimum absolute atomic E-state index is 0.00637. The SMILES string of the molecule is NCCCCC(NC(=O)C(CCCN=C(N)N)NC(=O)C(Cc1c[nH]c2ccccc12)NC(=O)C(N)CCC(=O)O)C(=O)O. The summed E-state index contributed by atoms with van der Waals surface area (Å²) in [7, 11) is 0. The molecule has 0 aliphatic carbocycles. The number of nitrogens with one attached hydrogen (secondary N) is 4. The minimum atomic E-state index is -1.24. The molecule has 0 saturated carbocycles. The molecule has 1 aromatic heterocycles. The third-order valence-electron chi connectivity index (χ3n) is 6.88. The monoisotopic (exact) mass is 617 g/mol. The highest BCUT2D eigenvalue weighted by atomic mass is 16.4. The molecular formula is C28H43N9O7. The summed E-state index contributed by atoms with van der Waals surface area (Å²) in [6.07, 6.45) is 2.70. The summed E-state index contributed by atoms with van der Waals surface area (Å²) in [4.78, 5) is 69.6. The molecule has 242 valence electrons. The van der Waals surface area contributed by atoms with Crippen LogP contribution in [0.5, 0.6) is 0 Å². The summed E-state index contributed by atoms with van der Waals surface area (Å²) in [5, 5.41) is 27.1. The van der Waals surface area contributed by atoms with Gasteiger partial charge in [0.15, 0.2) is 5.96 Å². The lowest BCUT2D eigenvalue weighted by molar-refractivity contribution is -0.142. The van der Waals surface area contributed by atoms with Crippen LogP contribution >= 0.6 is 0 Å². The number of benzene rings is 1. The number of amides is 3. The van der Waals surface area contributed by atoms with Crippen LogP contribution in [0.1, 0.15) is 50.5 Å². The Bertz CT molecular complexity index is 1310. The highest BCUT2D eigenvalue weighted by Gasteiger charge is 2.31. The lowest BCUT2D eigenvalue weighted by Gasteiger charge is -2.25. The van der Waals surface area contributed by atoms with Crippen molar-refractivity contribution >= 4 is 46.5 Å². The molecule has 0 aliphatic rings. The number of fused-ring (bicyclic) bond motifs is 1. The van der Waals surface area contributed by atoms with Crippen molar-refractivity contribution in [3.05, 3.63) is 36.0 Å². The van der Waals surface area contributed by atoms with Gasteiger partial charge in [0.2, 0.25) is 17.7 Å². The van der Waals surface area contributed by atoms with Crippen LogP contribution in [0.2, 0.25) is 0 Å². The number of carboxylic acids is 2. The van der Waals surface area contributed by atoms with E-state index in [0.29, 0.717) is 24.9 Å². The average molecular weight is 618 g/mol. The van der Waals surface area contributed by atoms with Gasteiger partial charge in [-0.15, -0.1) is 0 Å². The first-order valence-electron chi connectivity index (χ1n) is 14.3. The molecule has 16 nitrogen and oxygen atoms in total. The molecule has 0 aliphatic heterocycles. The predicted octanol–water partition coefficient (Wildman–Crippen LogP) is -1.38. The fourth-order valence-electron chi connectivity index (χ4n) is 4.49. The molecule has 4 unspecified atom stereocenters. The Kier molecular flexibility index (Phi) is 14.6. The Labute approximate surface area is 254 Å². The van der Waals surface area contributed by atoms with Gasteiger partial charge in [0, 0.05) is 36.5 Å². The van der Waals surface area contributed by atoms with Gasteiger partial charge in [0.25, 0.3) is 0 Å². The summed E-state index contributed by atoms with van der Waals surface area (Å²) >= 11 is 0. The van der Waals surface area contributed by atoms with E-state index in [1.165, 1.54) is 0 Å². The van der Waals surface area contributed by atoms with E-state index in [2.05, 4.69) is 25.9 Å². The molecule has 16 heteroatoms. The maximum absolute atomic E-state index is 13.7. The summed E-state index contributed by atoms with van der Waals surface area (Å²) in [6.45, 7) is 0.516. The highest BCUT2D eigenvalue weighted by molar-refractivity contribution is 5.95. The molecule has 0 bridgehead atoms. The first-order chi connectivity index (χ1) is 20.9. The second kappa shape index (κ2) is 18.1. The van der Waals surface area contributed by atoms with Gasteiger partial charge < -0.3 is 54.1 Å². The number of para-hydroxylation sites is 1. The van der Waals surface area contributed by atoms with Gasteiger partial charge in [-0.25, -0.2) is 4.79 Å². The zero-order chi connectivity index (χ0) is 32.6. The molecule has 4 atom stereocenters. The van der Waals surface area contributed by atoms with Crippen molar-refractivity contribution in [1.82, 2.24) is 20.9 Å². The number of aromatic amines is 1. The number of hydrogen-bond donors (Lipinski definition) is 10. The summed E-state index contributed by atoms with van der Waals surface area (Å²) in [5.74, 6) is -4.73. The molecule has 1 heterocycles. The third kappa shape index (κ3) is 11.9. The Morgan fingerprint density at radius 3 is 2.14 bits per heavy atom. The zero-order valence-electron chi connectivity index (χ0n) is 24.5. The molecule has 0 fully saturated rings. The van der Waals surface area contributed by atoms with Crippen LogP contribution in [0.3, 0.4) is 0 Å². The number of guanidine groups is 1. The van der Waals surface area contributed by atoms with Gasteiger partial charge in [-0.3, -0.25) is 24.2 Å². The van der Waals surface area contributed by atoms with Crippen molar-refractivity contribution in [2.24, 2.45) is 27.9 Å². The van der Waals surface area contributed by atoms with Crippen molar-refractivity contribution in [2.45, 2.75) is 75.5 Å². The summed E-state index contributed by atoms with van der Waals surface area (Å²) in [6, 6.07) is 2.51. The summed E-state index contributed by atoms with van der Waals surface area (Å²) < 4.78 is 0. The number of hydrogen-bond acceptors (Lipinski definition) is 8. The fourth-order valence-corrected chi connectivity index (χ4v) is 4.49. The molecular weight excluding hydrogens is 574 g/mol. The van der Waals surface area contributed by atoms with Gasteiger partial charge in [-0.05, 0) is 56.7 Å². The number of carbonyl (C=O) groups is 5. The Morgan fingerprint density at radius 1 is 0.841 bits per heavy atom. The first-order valence-corrected chi connectivity index (χ1v) is 14.3. The molecule has 0 radical (unpaired) electrons. The normalized spacial score (nSPS) is 13.7. The number of carbonyl (C=O) groups excluding carboxylic acids is 3. The van der Waals surface area contributed by atoms with E-state index in [9.17, 15) is 29.1 Å². The molecule has 0 saturated heterocycles. The Balaban J connectivity index is 2.30. The lowest BCUT2D eigenvalue weighted by Crippen LogP contribution is -2.57. The van der Waals surface area contributed by atoms with Crippen LogP contribution in [-0.2, 0) is 30.4 Å². The van der Waals surface area contributed by atoms with Crippen LogP contribution in [0.4, 0.5) is 0 Å². The quantitative estimate of drug-likeness (QED) is 0.0469. The van der Waals surface area contributed by atoms with Crippen LogP contribution in [0, 0.1) is 0 Å². The molecule has 14 N–H and O–H groups in total. The molecule has 1 aromatic carbocycles. The average Bonchev–Trinajstić information content (AvgIpc) is 3.38. The maximum Gasteiger partial charge on any atom is 0.326 e. The van der Waals surface area contributed by atoms with E-state index in [0.717, 1.165) is 10.9 Å². The molecule has 2 aromatic rings. The predicted molar refractivity (Wildman–Crippen MR) is 163 cm³/mol. The van der Waals surface area contributed by atoms with Gasteiger partial charge in [0.05, 0.1) is 6.04 Å². The molecule has 2 rings (SSSR count). The zero-order valence-corrected chi connectivity index (χ0v) is 24.5. The van der Waals surface area contributed by atoms with Gasteiger partial charge >= 0.3 is 11.9 Å². The largest absolute Gasteiger partial charge is 0.481 e. The van der Waals surface area contributed by atoms with Crippen molar-refractivity contribution in [1.29, 1.82) is 0 Å². The minimum Gasteiger partial charge on any atom is -0.481 e. The van der Waals surface area contributed by atoms with Crippen LogP contribution in [0.25, 0.3) is 10.9 Å². The topological polar surface area (TPSA) is 294 Å². The van der Waals surface area contributed by atoms with Crippen molar-refractivity contribution in [2.75, 3.05) is 13.1 Å². The summed E-state index contributed by atoms with van der Waals surface area (Å²) in [5.41, 5.74) is 23.6. The maximum atomic E-state index is 13.7. The number of aromatic nitrogens is 1. The fraction of sp³-hybridized carbons (Fsp3) is 0.500. The number of carboxylic acid groups (broad SMARTS) is 2. The number of unbranched alkanes of at least 4 members (excludes halogenated alkanes) is 1. The first kappa shape index (κ1) is 35.5. The number of rotatable bonds is 20. The van der Waals surface area contributed by atoms with E-state index >= 15 is 0 Å². The number of H-pyrrole nitrogens is 1. The van der Waals surface area contributed by atoms with Gasteiger partial charge in [-0.1, -0.05) is 18.2 Å². The number of aliphatic carboxylic acids is 2. The van der Waals surface area contributed by atoms with E-state index in [1.54, 1.807) is 6.20 Å². The van der Waals surface area contributed by atoms with E-state index in [-0.39, 0.29) is 51.0 Å². The molecule has 3 amide bonds. The van der Waals surface area contributed by atoms with Crippen LogP contribution in [-0.4, -0.2) is 88.1 Å². The molecule has 44 heavy (non-hydrogen) atoms. The second-order valence-corrected chi connectivity index (χ2v) is 10.4. The number of nitrogens with zero attached hydrogens (tertiary/aromatic N) is 1. The number of aliphatic imine (C=N–C) groups is 1. The smallest absolute Gasteiger partial charge is 0.326 e. The van der Waals surface area contributed by atoms with Gasteiger partial charge in [0.1, 0.15) is 18.1 Å².